The SMILES string of the molecule is C=C(C)[C@H](O[Si](C)(C)C(C)(C)C)[C@@H](C)[C@@H](O[Si](CC)(CC)CC)[C@H](C)[C@@H](O)CC(=O)[C@H](C[C@H](C)COCc1ccc(OC)cc1)O[Si](C)(C)C(C)(C)C. The van der Waals surface area contributed by atoms with E-state index in [0.29, 0.717) is 19.6 Å². The fourth-order valence-electron chi connectivity index (χ4n) is 6.36. The second-order valence-electron chi connectivity index (χ2n) is 19.0. The van der Waals surface area contributed by atoms with Gasteiger partial charge in [-0.15, -0.1) is 0 Å². The van der Waals surface area contributed by atoms with Gasteiger partial charge in [-0.05, 0) is 91.4 Å². The van der Waals surface area contributed by atoms with Gasteiger partial charge in [0, 0.05) is 24.9 Å². The lowest BCUT2D eigenvalue weighted by molar-refractivity contribution is -0.131. The standard InChI is InChI=1S/C43H82O7Si3/c1-20-53(21-2,22-3)50-41(34(8)40(31(4)5)49-52(18,19)43(12,13)14)33(7)37(44)28-38(45)39(48-51(16,17)42(9,10)11)27-32(6)29-47-30-35-23-25-36(46-15)26-24-35/h23-26,32-34,37,39-41,44H,4,20-22,27-30H2,1-3,5-19H3/t32-,33+,34+,37-,39-,40-,41-/m0/s1. The first-order valence-electron chi connectivity index (χ1n) is 20.3. The lowest BCUT2D eigenvalue weighted by Gasteiger charge is -2.46. The molecule has 7 nitrogen and oxygen atoms in total. The largest absolute Gasteiger partial charge is 0.497 e. The molecule has 0 saturated carbocycles. The molecule has 1 aromatic rings. The van der Waals surface area contributed by atoms with Crippen LogP contribution in [0.1, 0.15) is 108 Å². The first-order valence-corrected chi connectivity index (χ1v) is 28.7. The summed E-state index contributed by atoms with van der Waals surface area (Å²) in [5.41, 5.74) is 2.03. The zero-order valence-corrected chi connectivity index (χ0v) is 40.4. The zero-order chi connectivity index (χ0) is 41.2. The van der Waals surface area contributed by atoms with E-state index in [1.807, 2.05) is 31.2 Å². The van der Waals surface area contributed by atoms with Crippen LogP contribution in [-0.2, 0) is 29.4 Å². The van der Waals surface area contributed by atoms with E-state index in [2.05, 4.69) is 116 Å². The van der Waals surface area contributed by atoms with Crippen molar-refractivity contribution in [3.8, 4) is 5.75 Å². The molecule has 0 aliphatic heterocycles. The van der Waals surface area contributed by atoms with Crippen LogP contribution in [0.15, 0.2) is 36.4 Å². The lowest BCUT2D eigenvalue weighted by atomic mass is 9.82. The number of ether oxygens (including phenoxy) is 2. The molecule has 0 aromatic heterocycles. The molecule has 1 aromatic carbocycles. The topological polar surface area (TPSA) is 83.5 Å². The van der Waals surface area contributed by atoms with Crippen molar-refractivity contribution in [1.29, 1.82) is 0 Å². The molecule has 7 atom stereocenters. The summed E-state index contributed by atoms with van der Waals surface area (Å²) in [4.78, 5) is 14.4. The smallest absolute Gasteiger partial charge is 0.193 e. The highest BCUT2D eigenvalue weighted by Crippen LogP contribution is 2.42. The molecule has 53 heavy (non-hydrogen) atoms. The summed E-state index contributed by atoms with van der Waals surface area (Å²) in [5, 5.41) is 12.0. The van der Waals surface area contributed by atoms with E-state index < -0.39 is 37.2 Å². The Hall–Kier alpha value is -1.12. The molecule has 0 fully saturated rings. The number of methoxy groups -OCH3 is 1. The minimum absolute atomic E-state index is 0.00617. The summed E-state index contributed by atoms with van der Waals surface area (Å²) < 4.78 is 32.6. The fraction of sp³-hybridized carbons (Fsp3) is 0.791. The van der Waals surface area contributed by atoms with Crippen molar-refractivity contribution in [3.63, 3.8) is 0 Å². The van der Waals surface area contributed by atoms with Crippen LogP contribution >= 0.6 is 0 Å². The maximum atomic E-state index is 14.4. The third-order valence-electron chi connectivity index (χ3n) is 12.6. The number of carbonyl (C=O) groups excluding carboxylic acids is 1. The summed E-state index contributed by atoms with van der Waals surface area (Å²) >= 11 is 0. The van der Waals surface area contributed by atoms with Crippen LogP contribution in [0.25, 0.3) is 0 Å². The summed E-state index contributed by atoms with van der Waals surface area (Å²) in [6.45, 7) is 42.8. The van der Waals surface area contributed by atoms with E-state index in [0.717, 1.165) is 35.0 Å². The molecule has 0 bridgehead atoms. The number of hydrogen-bond acceptors (Lipinski definition) is 7. The number of aliphatic hydroxyl groups excluding tert-OH is 1. The predicted octanol–water partition coefficient (Wildman–Crippen LogP) is 11.6. The lowest BCUT2D eigenvalue weighted by Crippen LogP contribution is -2.53. The van der Waals surface area contributed by atoms with E-state index in [9.17, 15) is 9.90 Å². The average molecular weight is 795 g/mol. The summed E-state index contributed by atoms with van der Waals surface area (Å²) in [6.07, 6.45) is -1.53. The Labute approximate surface area is 329 Å². The Kier molecular flexibility index (Phi) is 19.7. The third-order valence-corrected chi connectivity index (χ3v) is 26.2. The van der Waals surface area contributed by atoms with Gasteiger partial charge in [0.25, 0.3) is 0 Å². The van der Waals surface area contributed by atoms with Gasteiger partial charge in [0.1, 0.15) is 11.9 Å². The first kappa shape index (κ1) is 49.9. The molecule has 1 N–H and O–H groups in total. The van der Waals surface area contributed by atoms with Gasteiger partial charge in [-0.2, -0.15) is 0 Å². The molecular formula is C43H82O7Si3. The summed E-state index contributed by atoms with van der Waals surface area (Å²) in [7, 11) is -4.94. The van der Waals surface area contributed by atoms with E-state index in [1.54, 1.807) is 7.11 Å². The van der Waals surface area contributed by atoms with Gasteiger partial charge >= 0.3 is 0 Å². The van der Waals surface area contributed by atoms with E-state index in [1.165, 1.54) is 0 Å². The van der Waals surface area contributed by atoms with Crippen molar-refractivity contribution in [1.82, 2.24) is 0 Å². The number of benzene rings is 1. The molecule has 0 unspecified atom stereocenters. The number of hydrogen-bond donors (Lipinski definition) is 1. The molecule has 0 radical (unpaired) electrons. The second kappa shape index (κ2) is 20.9. The number of aliphatic hydroxyl groups is 1. The summed E-state index contributed by atoms with van der Waals surface area (Å²) in [6, 6.07) is 10.8. The average Bonchev–Trinajstić information content (AvgIpc) is 3.06. The number of rotatable bonds is 24. The van der Waals surface area contributed by atoms with Gasteiger partial charge in [-0.1, -0.05) is 107 Å². The predicted molar refractivity (Wildman–Crippen MR) is 231 cm³/mol. The first-order chi connectivity index (χ1) is 24.2. The van der Waals surface area contributed by atoms with Crippen molar-refractivity contribution >= 4 is 30.7 Å². The van der Waals surface area contributed by atoms with Gasteiger partial charge in [-0.25, -0.2) is 0 Å². The van der Waals surface area contributed by atoms with Gasteiger partial charge in [0.15, 0.2) is 30.7 Å². The van der Waals surface area contributed by atoms with Crippen LogP contribution in [-0.4, -0.2) is 74.0 Å². The van der Waals surface area contributed by atoms with Crippen LogP contribution < -0.4 is 4.74 Å². The van der Waals surface area contributed by atoms with Gasteiger partial charge < -0.3 is 27.9 Å². The molecule has 0 heterocycles. The molecule has 1 rings (SSSR count). The van der Waals surface area contributed by atoms with E-state index in [4.69, 9.17) is 22.8 Å². The van der Waals surface area contributed by atoms with Gasteiger partial charge in [-0.3, -0.25) is 4.79 Å². The van der Waals surface area contributed by atoms with Gasteiger partial charge in [0.05, 0.1) is 32.0 Å². The molecule has 0 saturated heterocycles. The van der Waals surface area contributed by atoms with Gasteiger partial charge in [0.2, 0.25) is 0 Å². The van der Waals surface area contributed by atoms with Crippen LogP contribution in [0.4, 0.5) is 0 Å². The van der Waals surface area contributed by atoms with Crippen LogP contribution in [0.3, 0.4) is 0 Å². The monoisotopic (exact) mass is 795 g/mol. The number of carbonyl (C=O) groups is 1. The highest BCUT2D eigenvalue weighted by atomic mass is 28.4. The molecule has 0 spiro atoms. The Morgan fingerprint density at radius 2 is 1.30 bits per heavy atom. The van der Waals surface area contributed by atoms with Crippen molar-refractivity contribution < 1.29 is 32.7 Å². The van der Waals surface area contributed by atoms with Crippen molar-refractivity contribution in [3.05, 3.63) is 42.0 Å². The maximum Gasteiger partial charge on any atom is 0.193 e. The Bertz CT molecular complexity index is 1240. The Morgan fingerprint density at radius 1 is 0.811 bits per heavy atom. The molecule has 0 amide bonds. The Balaban J connectivity index is 3.40. The highest BCUT2D eigenvalue weighted by Gasteiger charge is 2.46. The van der Waals surface area contributed by atoms with Crippen LogP contribution in [0.2, 0.25) is 54.4 Å². The van der Waals surface area contributed by atoms with Crippen molar-refractivity contribution in [2.24, 2.45) is 17.8 Å². The quantitative estimate of drug-likeness (QED) is 0.0824. The molecule has 308 valence electrons. The Morgan fingerprint density at radius 3 is 1.74 bits per heavy atom. The van der Waals surface area contributed by atoms with E-state index in [-0.39, 0.29) is 52.2 Å². The maximum absolute atomic E-state index is 14.4. The van der Waals surface area contributed by atoms with Crippen molar-refractivity contribution in [2.45, 2.75) is 188 Å². The molecular weight excluding hydrogens is 713 g/mol. The third kappa shape index (κ3) is 14.7. The normalized spacial score (nSPS) is 17.4. The second-order valence-corrected chi connectivity index (χ2v) is 33.2. The number of ketones is 1. The molecule has 10 heteroatoms. The number of Topliss-reactive ketones (excluding diaryl/α,β-unsaturated/α-hetero) is 1. The highest BCUT2D eigenvalue weighted by molar-refractivity contribution is 6.75. The zero-order valence-electron chi connectivity index (χ0n) is 37.4. The summed E-state index contributed by atoms with van der Waals surface area (Å²) in [5.74, 6) is 0.454. The minimum atomic E-state index is -2.32. The van der Waals surface area contributed by atoms with Crippen molar-refractivity contribution in [2.75, 3.05) is 13.7 Å². The van der Waals surface area contributed by atoms with Crippen LogP contribution in [0, 0.1) is 17.8 Å². The fourth-order valence-corrected chi connectivity index (χ4v) is 12.1. The van der Waals surface area contributed by atoms with E-state index >= 15 is 0 Å². The minimum Gasteiger partial charge on any atom is -0.497 e. The molecule has 0 aliphatic carbocycles. The van der Waals surface area contributed by atoms with Crippen LogP contribution in [0.5, 0.6) is 5.75 Å². The molecule has 0 aliphatic rings.